The molecule has 0 aliphatic rings. The maximum atomic E-state index is 13.2. The second kappa shape index (κ2) is 8.89. The van der Waals surface area contributed by atoms with Crippen molar-refractivity contribution in [2.24, 2.45) is 0 Å². The van der Waals surface area contributed by atoms with Gasteiger partial charge in [-0.1, -0.05) is 23.7 Å². The molecule has 1 amide bonds. The van der Waals surface area contributed by atoms with E-state index >= 15 is 0 Å². The molecular formula is C23H28ClN3O2. The van der Waals surface area contributed by atoms with Crippen LogP contribution in [-0.2, 0) is 6.54 Å². The minimum absolute atomic E-state index is 0.0547. The van der Waals surface area contributed by atoms with Crippen LogP contribution in [0.2, 0.25) is 5.02 Å². The van der Waals surface area contributed by atoms with E-state index in [9.17, 15) is 4.79 Å². The summed E-state index contributed by atoms with van der Waals surface area (Å²) in [6.07, 6.45) is 0. The molecule has 5 nitrogen and oxygen atoms in total. The van der Waals surface area contributed by atoms with Gasteiger partial charge in [0.1, 0.15) is 11.4 Å². The fourth-order valence-corrected chi connectivity index (χ4v) is 3.99. The topological polar surface area (TPSA) is 46.5 Å². The first-order chi connectivity index (χ1) is 13.9. The van der Waals surface area contributed by atoms with Crippen LogP contribution in [0.15, 0.2) is 42.5 Å². The molecule has 1 atom stereocenters. The molecule has 0 radical (unpaired) electrons. The molecule has 0 aliphatic heterocycles. The predicted octanol–water partition coefficient (Wildman–Crippen LogP) is 4.66. The Bertz CT molecular complexity index is 1010. The van der Waals surface area contributed by atoms with E-state index < -0.39 is 0 Å². The Kier molecular flexibility index (Phi) is 6.50. The highest BCUT2D eigenvalue weighted by atomic mass is 35.5. The maximum absolute atomic E-state index is 13.2. The van der Waals surface area contributed by atoms with Crippen LogP contribution in [0.4, 0.5) is 0 Å². The first kappa shape index (κ1) is 21.2. The summed E-state index contributed by atoms with van der Waals surface area (Å²) in [7, 11) is 5.68. The van der Waals surface area contributed by atoms with Gasteiger partial charge in [-0.05, 0) is 69.4 Å². The zero-order valence-electron chi connectivity index (χ0n) is 17.6. The monoisotopic (exact) mass is 413 g/mol. The summed E-state index contributed by atoms with van der Waals surface area (Å²) in [6, 6.07) is 13.8. The molecule has 2 aromatic carbocycles. The minimum atomic E-state index is -0.0722. The lowest BCUT2D eigenvalue weighted by atomic mass is 10.1. The highest BCUT2D eigenvalue weighted by Crippen LogP contribution is 2.28. The number of ether oxygens (including phenoxy) is 1. The summed E-state index contributed by atoms with van der Waals surface area (Å²) in [5.74, 6) is 0.745. The molecule has 1 unspecified atom stereocenters. The zero-order valence-corrected chi connectivity index (χ0v) is 18.4. The SMILES string of the molecule is CCn1c(C(=O)NCC(c2ccc(OC)cc2)N(C)C)c(C)c2cc(Cl)ccc21. The second-order valence-electron chi connectivity index (χ2n) is 7.34. The lowest BCUT2D eigenvalue weighted by Gasteiger charge is -2.25. The van der Waals surface area contributed by atoms with Crippen molar-refractivity contribution < 1.29 is 9.53 Å². The van der Waals surface area contributed by atoms with Gasteiger partial charge in [-0.25, -0.2) is 0 Å². The van der Waals surface area contributed by atoms with E-state index in [0.717, 1.165) is 27.8 Å². The maximum Gasteiger partial charge on any atom is 0.268 e. The number of nitrogens with one attached hydrogen (secondary N) is 1. The Labute approximate surface area is 177 Å². The standard InChI is InChI=1S/C23H28ClN3O2/c1-6-27-20-12-9-17(24)13-19(20)15(2)22(27)23(28)25-14-21(26(3)4)16-7-10-18(29-5)11-8-16/h7-13,21H,6,14H2,1-5H3,(H,25,28). The molecule has 0 saturated heterocycles. The fraction of sp³-hybridized carbons (Fsp3) is 0.348. The number of carbonyl (C=O) groups is 1. The van der Waals surface area contributed by atoms with E-state index in [1.807, 2.05) is 75.0 Å². The number of rotatable bonds is 7. The summed E-state index contributed by atoms with van der Waals surface area (Å²) in [6.45, 7) is 5.24. The van der Waals surface area contributed by atoms with Gasteiger partial charge in [-0.2, -0.15) is 0 Å². The molecule has 154 valence electrons. The fourth-order valence-electron chi connectivity index (χ4n) is 3.81. The van der Waals surface area contributed by atoms with Gasteiger partial charge in [0.2, 0.25) is 0 Å². The number of fused-ring (bicyclic) bond motifs is 1. The van der Waals surface area contributed by atoms with Crippen LogP contribution in [0.1, 0.15) is 34.6 Å². The molecule has 0 fully saturated rings. The quantitative estimate of drug-likeness (QED) is 0.612. The summed E-state index contributed by atoms with van der Waals surface area (Å²) in [5, 5.41) is 4.82. The smallest absolute Gasteiger partial charge is 0.268 e. The van der Waals surface area contributed by atoms with Crippen LogP contribution < -0.4 is 10.1 Å². The van der Waals surface area contributed by atoms with Crippen molar-refractivity contribution in [3.05, 3.63) is 64.3 Å². The van der Waals surface area contributed by atoms with Crippen molar-refractivity contribution in [3.8, 4) is 5.75 Å². The van der Waals surface area contributed by atoms with Gasteiger partial charge in [0.15, 0.2) is 0 Å². The lowest BCUT2D eigenvalue weighted by molar-refractivity contribution is 0.0932. The first-order valence-electron chi connectivity index (χ1n) is 9.74. The number of amides is 1. The van der Waals surface area contributed by atoms with Crippen molar-refractivity contribution in [3.63, 3.8) is 0 Å². The van der Waals surface area contributed by atoms with Gasteiger partial charge in [0.05, 0.1) is 13.2 Å². The molecular weight excluding hydrogens is 386 g/mol. The van der Waals surface area contributed by atoms with E-state index in [2.05, 4.69) is 10.2 Å². The zero-order chi connectivity index (χ0) is 21.1. The Morgan fingerprint density at radius 3 is 2.48 bits per heavy atom. The molecule has 0 spiro atoms. The number of benzene rings is 2. The molecule has 3 aromatic rings. The Morgan fingerprint density at radius 2 is 1.90 bits per heavy atom. The highest BCUT2D eigenvalue weighted by Gasteiger charge is 2.22. The summed E-state index contributed by atoms with van der Waals surface area (Å²) >= 11 is 6.18. The van der Waals surface area contributed by atoms with Gasteiger partial charge in [-0.3, -0.25) is 4.79 Å². The number of aryl methyl sites for hydroxylation is 2. The van der Waals surface area contributed by atoms with Gasteiger partial charge in [0, 0.05) is 29.0 Å². The Balaban J connectivity index is 1.86. The Morgan fingerprint density at radius 1 is 1.21 bits per heavy atom. The molecule has 0 saturated carbocycles. The van der Waals surface area contributed by atoms with Crippen molar-refractivity contribution >= 4 is 28.4 Å². The number of methoxy groups -OCH3 is 1. The van der Waals surface area contributed by atoms with Crippen LogP contribution in [0.25, 0.3) is 10.9 Å². The number of likely N-dealkylation sites (N-methyl/N-ethyl adjacent to an activating group) is 1. The average molecular weight is 414 g/mol. The molecule has 29 heavy (non-hydrogen) atoms. The van der Waals surface area contributed by atoms with Crippen LogP contribution in [0.5, 0.6) is 5.75 Å². The number of halogens is 1. The van der Waals surface area contributed by atoms with E-state index in [1.165, 1.54) is 0 Å². The van der Waals surface area contributed by atoms with Gasteiger partial charge in [0.25, 0.3) is 5.91 Å². The molecule has 1 heterocycles. The second-order valence-corrected chi connectivity index (χ2v) is 7.78. The third-order valence-electron chi connectivity index (χ3n) is 5.39. The van der Waals surface area contributed by atoms with E-state index in [4.69, 9.17) is 16.3 Å². The van der Waals surface area contributed by atoms with Gasteiger partial charge < -0.3 is 19.5 Å². The van der Waals surface area contributed by atoms with Crippen LogP contribution in [0, 0.1) is 6.92 Å². The average Bonchev–Trinajstić information content (AvgIpc) is 2.99. The van der Waals surface area contributed by atoms with Crippen LogP contribution in [-0.4, -0.2) is 43.1 Å². The molecule has 1 aromatic heterocycles. The van der Waals surface area contributed by atoms with Crippen molar-refractivity contribution in [2.45, 2.75) is 26.4 Å². The van der Waals surface area contributed by atoms with E-state index in [0.29, 0.717) is 23.8 Å². The molecule has 0 aliphatic carbocycles. The first-order valence-corrected chi connectivity index (χ1v) is 10.1. The molecule has 3 rings (SSSR count). The van der Waals surface area contributed by atoms with Crippen LogP contribution in [0.3, 0.4) is 0 Å². The van der Waals surface area contributed by atoms with Crippen molar-refractivity contribution in [2.75, 3.05) is 27.7 Å². The van der Waals surface area contributed by atoms with Gasteiger partial charge in [-0.15, -0.1) is 0 Å². The van der Waals surface area contributed by atoms with E-state index in [1.54, 1.807) is 7.11 Å². The number of carbonyl (C=O) groups excluding carboxylic acids is 1. The molecule has 0 bridgehead atoms. The summed E-state index contributed by atoms with van der Waals surface area (Å²) in [4.78, 5) is 15.3. The normalized spacial score (nSPS) is 12.4. The third-order valence-corrected chi connectivity index (χ3v) is 5.62. The third kappa shape index (κ3) is 4.26. The number of hydrogen-bond acceptors (Lipinski definition) is 3. The number of hydrogen-bond donors (Lipinski definition) is 1. The van der Waals surface area contributed by atoms with Crippen LogP contribution >= 0.6 is 11.6 Å². The summed E-state index contributed by atoms with van der Waals surface area (Å²) < 4.78 is 7.30. The van der Waals surface area contributed by atoms with E-state index in [-0.39, 0.29) is 11.9 Å². The Hall–Kier alpha value is -2.50. The summed E-state index contributed by atoms with van der Waals surface area (Å²) in [5.41, 5.74) is 3.79. The largest absolute Gasteiger partial charge is 0.497 e. The minimum Gasteiger partial charge on any atom is -0.497 e. The van der Waals surface area contributed by atoms with Crippen molar-refractivity contribution in [1.29, 1.82) is 0 Å². The highest BCUT2D eigenvalue weighted by molar-refractivity contribution is 6.31. The number of aromatic nitrogens is 1. The van der Waals surface area contributed by atoms with Gasteiger partial charge >= 0.3 is 0 Å². The van der Waals surface area contributed by atoms with Crippen molar-refractivity contribution in [1.82, 2.24) is 14.8 Å². The molecule has 6 heteroatoms. The predicted molar refractivity (Wildman–Crippen MR) is 119 cm³/mol. The molecule has 1 N–H and O–H groups in total. The lowest BCUT2D eigenvalue weighted by Crippen LogP contribution is -2.35. The number of nitrogens with zero attached hydrogens (tertiary/aromatic N) is 2.